The molecule has 0 spiro atoms. The lowest BCUT2D eigenvalue weighted by atomic mass is 10.1. The molecule has 1 amide bonds. The van der Waals surface area contributed by atoms with Crippen molar-refractivity contribution < 1.29 is 4.79 Å². The van der Waals surface area contributed by atoms with E-state index < -0.39 is 0 Å². The normalized spacial score (nSPS) is 17.4. The molecular weight excluding hydrogens is 260 g/mol. The van der Waals surface area contributed by atoms with E-state index in [4.69, 9.17) is 11.6 Å². The minimum Gasteiger partial charge on any atom is -0.348 e. The van der Waals surface area contributed by atoms with Crippen LogP contribution in [0.15, 0.2) is 24.3 Å². The average Bonchev–Trinajstić information content (AvgIpc) is 2.90. The van der Waals surface area contributed by atoms with Gasteiger partial charge in [-0.05, 0) is 37.5 Å². The van der Waals surface area contributed by atoms with Crippen LogP contribution in [-0.2, 0) is 4.79 Å². The van der Waals surface area contributed by atoms with E-state index in [1.807, 2.05) is 31.2 Å². The first-order valence-corrected chi connectivity index (χ1v) is 7.31. The predicted octanol–water partition coefficient (Wildman–Crippen LogP) is 3.05. The Morgan fingerprint density at radius 1 is 1.32 bits per heavy atom. The Morgan fingerprint density at radius 3 is 2.58 bits per heavy atom. The number of amides is 1. The van der Waals surface area contributed by atoms with Gasteiger partial charge >= 0.3 is 0 Å². The summed E-state index contributed by atoms with van der Waals surface area (Å²) in [6.07, 6.45) is 4.95. The van der Waals surface area contributed by atoms with Crippen LogP contribution in [0.5, 0.6) is 0 Å². The first kappa shape index (κ1) is 14.4. The molecule has 2 N–H and O–H groups in total. The molecule has 4 heteroatoms. The number of benzene rings is 1. The molecule has 1 fully saturated rings. The lowest BCUT2D eigenvalue weighted by molar-refractivity contribution is -0.121. The van der Waals surface area contributed by atoms with Crippen molar-refractivity contribution in [3.8, 4) is 0 Å². The Labute approximate surface area is 119 Å². The first-order valence-electron chi connectivity index (χ1n) is 6.93. The molecule has 0 unspecified atom stereocenters. The SMILES string of the molecule is C[C@H](NC(=O)CNC1CCCC1)c1ccc(Cl)cc1. The van der Waals surface area contributed by atoms with Crippen LogP contribution in [0.1, 0.15) is 44.2 Å². The lowest BCUT2D eigenvalue weighted by Crippen LogP contribution is -2.39. The first-order chi connectivity index (χ1) is 9.15. The molecular formula is C15H21ClN2O. The predicted molar refractivity (Wildman–Crippen MR) is 78.3 cm³/mol. The second kappa shape index (κ2) is 6.92. The van der Waals surface area contributed by atoms with Gasteiger partial charge in [-0.25, -0.2) is 0 Å². The van der Waals surface area contributed by atoms with Gasteiger partial charge in [0.05, 0.1) is 12.6 Å². The maximum Gasteiger partial charge on any atom is 0.234 e. The second-order valence-electron chi connectivity index (χ2n) is 5.20. The second-order valence-corrected chi connectivity index (χ2v) is 5.64. The molecule has 1 aliphatic carbocycles. The van der Waals surface area contributed by atoms with Crippen LogP contribution < -0.4 is 10.6 Å². The summed E-state index contributed by atoms with van der Waals surface area (Å²) >= 11 is 5.85. The number of hydrogen-bond acceptors (Lipinski definition) is 2. The summed E-state index contributed by atoms with van der Waals surface area (Å²) in [5.74, 6) is 0.0503. The van der Waals surface area contributed by atoms with Gasteiger partial charge in [-0.15, -0.1) is 0 Å². The maximum absolute atomic E-state index is 11.9. The zero-order valence-electron chi connectivity index (χ0n) is 11.3. The third-order valence-corrected chi connectivity index (χ3v) is 3.91. The highest BCUT2D eigenvalue weighted by molar-refractivity contribution is 6.30. The zero-order chi connectivity index (χ0) is 13.7. The molecule has 19 heavy (non-hydrogen) atoms. The van der Waals surface area contributed by atoms with Crippen molar-refractivity contribution in [3.05, 3.63) is 34.9 Å². The fourth-order valence-electron chi connectivity index (χ4n) is 2.49. The molecule has 0 bridgehead atoms. The van der Waals surface area contributed by atoms with Gasteiger partial charge in [-0.1, -0.05) is 36.6 Å². The highest BCUT2D eigenvalue weighted by Crippen LogP contribution is 2.18. The monoisotopic (exact) mass is 280 g/mol. The molecule has 1 aliphatic rings. The van der Waals surface area contributed by atoms with Gasteiger partial charge in [0.2, 0.25) is 5.91 Å². The van der Waals surface area contributed by atoms with E-state index in [0.717, 1.165) is 5.56 Å². The average molecular weight is 281 g/mol. The number of rotatable bonds is 5. The largest absolute Gasteiger partial charge is 0.348 e. The van der Waals surface area contributed by atoms with Gasteiger partial charge in [0.25, 0.3) is 0 Å². The van der Waals surface area contributed by atoms with Crippen LogP contribution in [0.2, 0.25) is 5.02 Å². The van der Waals surface area contributed by atoms with E-state index in [-0.39, 0.29) is 11.9 Å². The lowest BCUT2D eigenvalue weighted by Gasteiger charge is -2.16. The third-order valence-electron chi connectivity index (χ3n) is 3.65. The summed E-state index contributed by atoms with van der Waals surface area (Å²) in [7, 11) is 0. The van der Waals surface area contributed by atoms with Gasteiger partial charge in [0.1, 0.15) is 0 Å². The maximum atomic E-state index is 11.9. The van der Waals surface area contributed by atoms with Crippen LogP contribution in [0.3, 0.4) is 0 Å². The van der Waals surface area contributed by atoms with Gasteiger partial charge < -0.3 is 10.6 Å². The Kier molecular flexibility index (Phi) is 5.23. The van der Waals surface area contributed by atoms with E-state index in [1.165, 1.54) is 25.7 Å². The molecule has 2 rings (SSSR count). The smallest absolute Gasteiger partial charge is 0.234 e. The molecule has 0 heterocycles. The summed E-state index contributed by atoms with van der Waals surface area (Å²) in [6.45, 7) is 2.39. The number of hydrogen-bond donors (Lipinski definition) is 2. The highest BCUT2D eigenvalue weighted by Gasteiger charge is 2.16. The quantitative estimate of drug-likeness (QED) is 0.870. The van der Waals surface area contributed by atoms with Crippen LogP contribution >= 0.6 is 11.6 Å². The van der Waals surface area contributed by atoms with E-state index in [9.17, 15) is 4.79 Å². The zero-order valence-corrected chi connectivity index (χ0v) is 12.0. The molecule has 1 atom stereocenters. The molecule has 0 saturated heterocycles. The van der Waals surface area contributed by atoms with Crippen molar-refractivity contribution in [2.75, 3.05) is 6.54 Å². The summed E-state index contributed by atoms with van der Waals surface area (Å²) in [6, 6.07) is 8.11. The van der Waals surface area contributed by atoms with E-state index >= 15 is 0 Å². The summed E-state index contributed by atoms with van der Waals surface area (Å²) < 4.78 is 0. The molecule has 0 aromatic heterocycles. The van der Waals surface area contributed by atoms with E-state index in [2.05, 4.69) is 10.6 Å². The van der Waals surface area contributed by atoms with Gasteiger partial charge in [-0.2, -0.15) is 0 Å². The molecule has 1 aromatic rings. The van der Waals surface area contributed by atoms with Gasteiger partial charge in [0.15, 0.2) is 0 Å². The Morgan fingerprint density at radius 2 is 1.95 bits per heavy atom. The minimum atomic E-state index is 0.00939. The third kappa shape index (κ3) is 4.51. The van der Waals surface area contributed by atoms with Crippen LogP contribution in [-0.4, -0.2) is 18.5 Å². The minimum absolute atomic E-state index is 0.00939. The summed E-state index contributed by atoms with van der Waals surface area (Å²) in [5, 5.41) is 7.02. The highest BCUT2D eigenvalue weighted by atomic mass is 35.5. The van der Waals surface area contributed by atoms with Gasteiger partial charge in [-0.3, -0.25) is 4.79 Å². The van der Waals surface area contributed by atoms with E-state index in [0.29, 0.717) is 17.6 Å². The topological polar surface area (TPSA) is 41.1 Å². The summed E-state index contributed by atoms with van der Waals surface area (Å²) in [5.41, 5.74) is 1.07. The van der Waals surface area contributed by atoms with E-state index in [1.54, 1.807) is 0 Å². The van der Waals surface area contributed by atoms with Crippen LogP contribution in [0.25, 0.3) is 0 Å². The Balaban J connectivity index is 1.76. The number of nitrogens with one attached hydrogen (secondary N) is 2. The Hall–Kier alpha value is -1.06. The van der Waals surface area contributed by atoms with Crippen molar-refractivity contribution in [2.45, 2.75) is 44.7 Å². The molecule has 0 radical (unpaired) electrons. The number of carbonyl (C=O) groups excluding carboxylic acids is 1. The van der Waals surface area contributed by atoms with Crippen molar-refractivity contribution in [1.29, 1.82) is 0 Å². The molecule has 1 aromatic carbocycles. The van der Waals surface area contributed by atoms with Crippen molar-refractivity contribution in [1.82, 2.24) is 10.6 Å². The molecule has 0 aliphatic heterocycles. The molecule has 104 valence electrons. The fraction of sp³-hybridized carbons (Fsp3) is 0.533. The van der Waals surface area contributed by atoms with Crippen molar-refractivity contribution in [3.63, 3.8) is 0 Å². The van der Waals surface area contributed by atoms with Crippen LogP contribution in [0, 0.1) is 0 Å². The number of carbonyl (C=O) groups is 1. The molecule has 1 saturated carbocycles. The summed E-state index contributed by atoms with van der Waals surface area (Å²) in [4.78, 5) is 11.9. The van der Waals surface area contributed by atoms with Crippen molar-refractivity contribution >= 4 is 17.5 Å². The fourth-order valence-corrected chi connectivity index (χ4v) is 2.62. The number of halogens is 1. The Bertz CT molecular complexity index is 413. The van der Waals surface area contributed by atoms with Gasteiger partial charge in [0, 0.05) is 11.1 Å². The van der Waals surface area contributed by atoms with Crippen LogP contribution in [0.4, 0.5) is 0 Å². The molecule has 3 nitrogen and oxygen atoms in total. The van der Waals surface area contributed by atoms with Crippen molar-refractivity contribution in [2.24, 2.45) is 0 Å². The standard InChI is InChI=1S/C15H21ClN2O/c1-11(12-6-8-13(16)9-7-12)18-15(19)10-17-14-4-2-3-5-14/h6-9,11,14,17H,2-5,10H2,1H3,(H,18,19)/t11-/m0/s1.